The Balaban J connectivity index is 1.19. The number of benzene rings is 2. The van der Waals surface area contributed by atoms with Gasteiger partial charge in [-0.05, 0) is 78.6 Å². The molecular formula is C31H30N6O4S2. The summed E-state index contributed by atoms with van der Waals surface area (Å²) < 4.78 is 0. The number of anilines is 2. The van der Waals surface area contributed by atoms with E-state index < -0.39 is 0 Å². The van der Waals surface area contributed by atoms with E-state index in [4.69, 9.17) is 0 Å². The molecule has 0 radical (unpaired) electrons. The van der Waals surface area contributed by atoms with Crippen molar-refractivity contribution in [3.05, 3.63) is 104 Å². The topological polar surface area (TPSA) is 141 Å². The zero-order chi connectivity index (χ0) is 30.6. The second-order valence-corrected chi connectivity index (χ2v) is 11.2. The molecule has 0 aliphatic heterocycles. The average Bonchev–Trinajstić information content (AvgIpc) is 3.74. The molecular weight excluding hydrogens is 585 g/mol. The fourth-order valence-corrected chi connectivity index (χ4v) is 5.03. The van der Waals surface area contributed by atoms with Crippen LogP contribution in [0.4, 0.5) is 11.4 Å². The molecule has 220 valence electrons. The number of hydrazone groups is 2. The Morgan fingerprint density at radius 3 is 1.47 bits per heavy atom. The zero-order valence-corrected chi connectivity index (χ0v) is 25.2. The van der Waals surface area contributed by atoms with Gasteiger partial charge in [0.15, 0.2) is 0 Å². The molecule has 2 aromatic heterocycles. The van der Waals surface area contributed by atoms with Crippen LogP contribution in [0.25, 0.3) is 0 Å². The van der Waals surface area contributed by atoms with Crippen LogP contribution in [0, 0.1) is 0 Å². The van der Waals surface area contributed by atoms with E-state index in [1.807, 2.05) is 35.0 Å². The van der Waals surface area contributed by atoms with Gasteiger partial charge in [-0.2, -0.15) is 10.2 Å². The number of amides is 4. The van der Waals surface area contributed by atoms with Gasteiger partial charge in [0.2, 0.25) is 11.8 Å². The fourth-order valence-electron chi connectivity index (χ4n) is 3.79. The molecule has 0 aliphatic carbocycles. The zero-order valence-electron chi connectivity index (χ0n) is 23.5. The second kappa shape index (κ2) is 15.3. The summed E-state index contributed by atoms with van der Waals surface area (Å²) >= 11 is 2.72. The highest BCUT2D eigenvalue weighted by molar-refractivity contribution is 7.12. The van der Waals surface area contributed by atoms with Gasteiger partial charge < -0.3 is 10.6 Å². The highest BCUT2D eigenvalue weighted by Gasteiger charge is 2.10. The molecule has 4 amide bonds. The molecule has 2 heterocycles. The Bertz CT molecular complexity index is 1520. The van der Waals surface area contributed by atoms with Crippen LogP contribution < -0.4 is 21.5 Å². The predicted octanol–water partition coefficient (Wildman–Crippen LogP) is 5.87. The molecule has 0 spiro atoms. The lowest BCUT2D eigenvalue weighted by molar-refractivity contribution is -0.122. The molecule has 12 heteroatoms. The van der Waals surface area contributed by atoms with Crippen LogP contribution in [0.2, 0.25) is 0 Å². The molecule has 43 heavy (non-hydrogen) atoms. The van der Waals surface area contributed by atoms with Crippen LogP contribution in [0.15, 0.2) is 93.8 Å². The summed E-state index contributed by atoms with van der Waals surface area (Å²) in [5.74, 6) is -1.03. The minimum Gasteiger partial charge on any atom is -0.321 e. The van der Waals surface area contributed by atoms with Crippen molar-refractivity contribution in [2.24, 2.45) is 10.2 Å². The van der Waals surface area contributed by atoms with Gasteiger partial charge in [-0.25, -0.2) is 10.9 Å². The van der Waals surface area contributed by atoms with Crippen LogP contribution >= 0.6 is 22.7 Å². The van der Waals surface area contributed by atoms with Crippen LogP contribution in [-0.2, 0) is 9.59 Å². The summed E-state index contributed by atoms with van der Waals surface area (Å²) in [6.07, 6.45) is 0.529. The summed E-state index contributed by atoms with van der Waals surface area (Å²) in [4.78, 5) is 50.4. The monoisotopic (exact) mass is 614 g/mol. The quantitative estimate of drug-likeness (QED) is 0.117. The van der Waals surface area contributed by atoms with Crippen LogP contribution in [-0.4, -0.2) is 35.1 Å². The van der Waals surface area contributed by atoms with E-state index >= 15 is 0 Å². The van der Waals surface area contributed by atoms with Crippen molar-refractivity contribution in [3.63, 3.8) is 0 Å². The minimum absolute atomic E-state index is 0.107. The van der Waals surface area contributed by atoms with E-state index in [2.05, 4.69) is 31.7 Å². The molecule has 0 atom stereocenters. The lowest BCUT2D eigenvalue weighted by Crippen LogP contribution is -2.22. The third kappa shape index (κ3) is 9.55. The molecule has 0 unspecified atom stereocenters. The van der Waals surface area contributed by atoms with E-state index in [9.17, 15) is 19.2 Å². The lowest BCUT2D eigenvalue weighted by atomic mass is 10.1. The van der Waals surface area contributed by atoms with Crippen LogP contribution in [0.5, 0.6) is 0 Å². The molecule has 4 rings (SSSR count). The Morgan fingerprint density at radius 2 is 1.07 bits per heavy atom. The first-order chi connectivity index (χ1) is 20.8. The number of carbonyl (C=O) groups is 4. The summed E-state index contributed by atoms with van der Waals surface area (Å²) in [6, 6.07) is 21.5. The fraction of sp³-hybridized carbons (Fsp3) is 0.161. The molecule has 0 saturated carbocycles. The van der Waals surface area contributed by atoms with E-state index in [1.165, 1.54) is 22.7 Å². The normalized spacial score (nSPS) is 11.5. The summed E-state index contributed by atoms with van der Waals surface area (Å²) in [5.41, 5.74) is 8.88. The Kier molecular flexibility index (Phi) is 11.1. The number of carbonyl (C=O) groups excluding carboxylic acids is 4. The standard InChI is InChI=1S/C31H30N6O4S2/c1-20(22-8-3-10-24(18-22)32-30(40)26-12-6-16-42-26)34-36-28(38)14-5-15-29(39)37-35-21(2)23-9-4-11-25(19-23)33-31(41)27-13-7-17-43-27/h3-4,6-13,16-19H,5,14-15H2,1-2H3,(H,32,40)(H,33,41)(H,36,38)(H,37,39)/b34-20+,35-21+. The highest BCUT2D eigenvalue weighted by atomic mass is 32.1. The van der Waals surface area contributed by atoms with Gasteiger partial charge in [0.25, 0.3) is 11.8 Å². The smallest absolute Gasteiger partial charge is 0.265 e. The SMILES string of the molecule is C/C(=N\NC(=O)CCCC(=O)N/N=C(\C)c1cccc(NC(=O)c2cccs2)c1)c1cccc(NC(=O)c2cccs2)c1. The van der Waals surface area contributed by atoms with Gasteiger partial charge in [0.1, 0.15) is 0 Å². The number of thiophene rings is 2. The van der Waals surface area contributed by atoms with Crippen molar-refractivity contribution in [2.75, 3.05) is 10.6 Å². The van der Waals surface area contributed by atoms with E-state index in [-0.39, 0.29) is 36.5 Å². The third-order valence-corrected chi connectivity index (χ3v) is 7.81. The first kappa shape index (κ1) is 31.0. The van der Waals surface area contributed by atoms with Crippen molar-refractivity contribution in [2.45, 2.75) is 33.1 Å². The van der Waals surface area contributed by atoms with Crippen molar-refractivity contribution in [1.82, 2.24) is 10.9 Å². The number of nitrogens with zero attached hydrogens (tertiary/aromatic N) is 2. The molecule has 0 bridgehead atoms. The molecule has 10 nitrogen and oxygen atoms in total. The van der Waals surface area contributed by atoms with E-state index in [0.717, 1.165) is 11.1 Å². The van der Waals surface area contributed by atoms with Crippen LogP contribution in [0.3, 0.4) is 0 Å². The largest absolute Gasteiger partial charge is 0.321 e. The van der Waals surface area contributed by atoms with Gasteiger partial charge in [0.05, 0.1) is 21.2 Å². The first-order valence-corrected chi connectivity index (χ1v) is 15.1. The van der Waals surface area contributed by atoms with Gasteiger partial charge in [-0.1, -0.05) is 36.4 Å². The lowest BCUT2D eigenvalue weighted by Gasteiger charge is -2.07. The molecule has 0 fully saturated rings. The molecule has 4 N–H and O–H groups in total. The number of nitrogens with one attached hydrogen (secondary N) is 4. The summed E-state index contributed by atoms with van der Waals surface area (Å²) in [6.45, 7) is 3.50. The molecule has 0 aliphatic rings. The second-order valence-electron chi connectivity index (χ2n) is 9.34. The molecule has 0 saturated heterocycles. The van der Waals surface area contributed by atoms with Gasteiger partial charge in [-0.15, -0.1) is 22.7 Å². The van der Waals surface area contributed by atoms with Crippen molar-refractivity contribution in [1.29, 1.82) is 0 Å². The Labute approximate surface area is 256 Å². The van der Waals surface area contributed by atoms with Crippen molar-refractivity contribution >= 4 is 69.1 Å². The minimum atomic E-state index is -0.324. The van der Waals surface area contributed by atoms with E-state index in [0.29, 0.717) is 39.0 Å². The summed E-state index contributed by atoms with van der Waals surface area (Å²) in [7, 11) is 0. The van der Waals surface area contributed by atoms with Crippen molar-refractivity contribution in [3.8, 4) is 0 Å². The van der Waals surface area contributed by atoms with Crippen LogP contribution in [0.1, 0.15) is 63.6 Å². The first-order valence-electron chi connectivity index (χ1n) is 13.4. The Hall–Kier alpha value is -4.94. The third-order valence-electron chi connectivity index (χ3n) is 6.07. The number of rotatable bonds is 12. The number of hydrogen-bond donors (Lipinski definition) is 4. The van der Waals surface area contributed by atoms with E-state index in [1.54, 1.807) is 62.4 Å². The summed E-state index contributed by atoms with van der Waals surface area (Å²) in [5, 5.41) is 17.7. The average molecular weight is 615 g/mol. The maximum absolute atomic E-state index is 12.3. The van der Waals surface area contributed by atoms with Gasteiger partial charge >= 0.3 is 0 Å². The maximum Gasteiger partial charge on any atom is 0.265 e. The molecule has 2 aromatic carbocycles. The molecule has 4 aromatic rings. The Morgan fingerprint density at radius 1 is 0.628 bits per heavy atom. The van der Waals surface area contributed by atoms with Gasteiger partial charge in [-0.3, -0.25) is 19.2 Å². The highest BCUT2D eigenvalue weighted by Crippen LogP contribution is 2.17. The van der Waals surface area contributed by atoms with Gasteiger partial charge in [0, 0.05) is 24.2 Å². The van der Waals surface area contributed by atoms with Crippen molar-refractivity contribution < 1.29 is 19.2 Å². The predicted molar refractivity (Wildman–Crippen MR) is 172 cm³/mol. The maximum atomic E-state index is 12.3. The number of hydrogen-bond acceptors (Lipinski definition) is 8.